The van der Waals surface area contributed by atoms with E-state index in [2.05, 4.69) is 10.2 Å². The van der Waals surface area contributed by atoms with Gasteiger partial charge in [0.15, 0.2) is 0 Å². The number of hydrogen-bond donors (Lipinski definition) is 1. The normalized spacial score (nSPS) is 13.3. The van der Waals surface area contributed by atoms with Gasteiger partial charge in [-0.3, -0.25) is 9.69 Å². The second-order valence-electron chi connectivity index (χ2n) is 10.9. The molecule has 1 saturated heterocycles. The molecule has 1 heterocycles. The molecule has 5 rings (SSSR count). The van der Waals surface area contributed by atoms with Crippen LogP contribution in [0, 0.1) is 25.5 Å². The third kappa shape index (κ3) is 7.17. The van der Waals surface area contributed by atoms with E-state index in [9.17, 15) is 13.6 Å². The number of amides is 1. The zero-order chi connectivity index (χ0) is 30.5. The van der Waals surface area contributed by atoms with E-state index in [1.807, 2.05) is 56.3 Å². The maximum Gasteiger partial charge on any atom is 0.251 e. The Kier molecular flexibility index (Phi) is 9.63. The van der Waals surface area contributed by atoms with Crippen LogP contribution < -0.4 is 14.8 Å². The van der Waals surface area contributed by atoms with Gasteiger partial charge in [-0.2, -0.15) is 0 Å². The molecule has 1 fully saturated rings. The lowest BCUT2D eigenvalue weighted by molar-refractivity contribution is 0.0962. The van der Waals surface area contributed by atoms with E-state index in [4.69, 9.17) is 21.1 Å². The van der Waals surface area contributed by atoms with Gasteiger partial charge in [-0.15, -0.1) is 0 Å². The molecule has 0 spiro atoms. The molecule has 4 aromatic rings. The summed E-state index contributed by atoms with van der Waals surface area (Å²) in [7, 11) is 1.62. The van der Waals surface area contributed by atoms with E-state index in [0.29, 0.717) is 34.2 Å². The van der Waals surface area contributed by atoms with E-state index >= 15 is 0 Å². The highest BCUT2D eigenvalue weighted by Crippen LogP contribution is 2.36. The van der Waals surface area contributed by atoms with Crippen LogP contribution in [0.3, 0.4) is 0 Å². The summed E-state index contributed by atoms with van der Waals surface area (Å²) in [5.41, 5.74) is 6.82. The molecule has 0 radical (unpaired) electrons. The number of nitrogens with zero attached hydrogens (tertiary/aromatic N) is 1. The van der Waals surface area contributed by atoms with Crippen molar-refractivity contribution in [3.63, 3.8) is 0 Å². The van der Waals surface area contributed by atoms with Crippen LogP contribution in [0.25, 0.3) is 11.1 Å². The van der Waals surface area contributed by atoms with E-state index in [1.54, 1.807) is 13.1 Å². The van der Waals surface area contributed by atoms with Crippen LogP contribution in [-0.4, -0.2) is 30.9 Å². The Morgan fingerprint density at radius 3 is 2.19 bits per heavy atom. The molecular weight excluding hydrogens is 570 g/mol. The lowest BCUT2D eigenvalue weighted by Gasteiger charge is -2.20. The van der Waals surface area contributed by atoms with E-state index in [1.165, 1.54) is 12.1 Å². The third-order valence-electron chi connectivity index (χ3n) is 7.95. The number of carbonyl (C=O) groups is 1. The van der Waals surface area contributed by atoms with Crippen molar-refractivity contribution in [3.8, 4) is 22.6 Å². The predicted octanol–water partition coefficient (Wildman–Crippen LogP) is 8.02. The van der Waals surface area contributed by atoms with Gasteiger partial charge in [-0.25, -0.2) is 8.78 Å². The average Bonchev–Trinajstić information content (AvgIpc) is 3.49. The first-order chi connectivity index (χ1) is 20.7. The fourth-order valence-electron chi connectivity index (χ4n) is 5.58. The van der Waals surface area contributed by atoms with Crippen molar-refractivity contribution in [3.05, 3.63) is 117 Å². The zero-order valence-electron chi connectivity index (χ0n) is 24.6. The van der Waals surface area contributed by atoms with E-state index in [0.717, 1.165) is 65.4 Å². The SMILES string of the molecule is CNC(=O)c1cccc(-c2cccc(COc3cc(OCc4cc(F)cc(F)c4)c(CN4CCCC4)cc3Cl)c2C)c1C. The first-order valence-electron chi connectivity index (χ1n) is 14.4. The molecule has 0 aromatic heterocycles. The number of rotatable bonds is 10. The highest BCUT2D eigenvalue weighted by Gasteiger charge is 2.19. The Labute approximate surface area is 256 Å². The van der Waals surface area contributed by atoms with Crippen molar-refractivity contribution in [2.45, 2.75) is 46.4 Å². The summed E-state index contributed by atoms with van der Waals surface area (Å²) >= 11 is 6.72. The zero-order valence-corrected chi connectivity index (χ0v) is 25.4. The molecule has 0 saturated carbocycles. The minimum atomic E-state index is -0.649. The number of likely N-dealkylation sites (tertiary alicyclic amines) is 1. The van der Waals surface area contributed by atoms with Crippen molar-refractivity contribution < 1.29 is 23.0 Å². The topological polar surface area (TPSA) is 50.8 Å². The number of carbonyl (C=O) groups excluding carboxylic acids is 1. The van der Waals surface area contributed by atoms with Gasteiger partial charge < -0.3 is 14.8 Å². The van der Waals surface area contributed by atoms with Gasteiger partial charge in [-0.1, -0.05) is 41.9 Å². The van der Waals surface area contributed by atoms with Crippen LogP contribution >= 0.6 is 11.6 Å². The molecule has 4 aromatic carbocycles. The Bertz CT molecular complexity index is 1620. The van der Waals surface area contributed by atoms with E-state index < -0.39 is 11.6 Å². The fourth-order valence-corrected chi connectivity index (χ4v) is 5.82. The predicted molar refractivity (Wildman–Crippen MR) is 166 cm³/mol. The van der Waals surface area contributed by atoms with Crippen molar-refractivity contribution in [1.29, 1.82) is 0 Å². The molecule has 1 N–H and O–H groups in total. The molecule has 0 atom stereocenters. The molecule has 0 unspecified atom stereocenters. The summed E-state index contributed by atoms with van der Waals surface area (Å²) in [5, 5.41) is 3.16. The monoisotopic (exact) mass is 604 g/mol. The summed E-state index contributed by atoms with van der Waals surface area (Å²) in [5.74, 6) is -0.411. The Morgan fingerprint density at radius 1 is 0.837 bits per heavy atom. The molecule has 224 valence electrons. The molecule has 5 nitrogen and oxygen atoms in total. The molecule has 8 heteroatoms. The molecule has 1 amide bonds. The lowest BCUT2D eigenvalue weighted by Crippen LogP contribution is -2.19. The van der Waals surface area contributed by atoms with Gasteiger partial charge >= 0.3 is 0 Å². The largest absolute Gasteiger partial charge is 0.488 e. The molecule has 0 aliphatic carbocycles. The minimum absolute atomic E-state index is 0.00161. The second kappa shape index (κ2) is 13.6. The Hall–Kier alpha value is -3.94. The first-order valence-corrected chi connectivity index (χ1v) is 14.8. The molecule has 1 aliphatic heterocycles. The van der Waals surface area contributed by atoms with Gasteiger partial charge in [0.1, 0.15) is 36.3 Å². The van der Waals surface area contributed by atoms with Gasteiger partial charge in [0, 0.05) is 36.9 Å². The highest BCUT2D eigenvalue weighted by molar-refractivity contribution is 6.32. The van der Waals surface area contributed by atoms with Crippen LogP contribution in [0.1, 0.15) is 51.0 Å². The number of ether oxygens (including phenoxy) is 2. The second-order valence-corrected chi connectivity index (χ2v) is 11.3. The molecule has 1 aliphatic rings. The van der Waals surface area contributed by atoms with Gasteiger partial charge in [0.2, 0.25) is 0 Å². The maximum atomic E-state index is 13.8. The van der Waals surface area contributed by atoms with Gasteiger partial charge in [0.25, 0.3) is 5.91 Å². The minimum Gasteiger partial charge on any atom is -0.488 e. The Balaban J connectivity index is 1.40. The highest BCUT2D eigenvalue weighted by atomic mass is 35.5. The quantitative estimate of drug-likeness (QED) is 0.199. The van der Waals surface area contributed by atoms with E-state index in [-0.39, 0.29) is 19.1 Å². The maximum absolute atomic E-state index is 13.8. The van der Waals surface area contributed by atoms with Crippen molar-refractivity contribution >= 4 is 17.5 Å². The smallest absolute Gasteiger partial charge is 0.251 e. The van der Waals surface area contributed by atoms with Crippen LogP contribution in [0.2, 0.25) is 5.02 Å². The van der Waals surface area contributed by atoms with Crippen LogP contribution in [-0.2, 0) is 19.8 Å². The third-order valence-corrected chi connectivity index (χ3v) is 8.24. The van der Waals surface area contributed by atoms with Crippen LogP contribution in [0.15, 0.2) is 66.7 Å². The fraction of sp³-hybridized carbons (Fsp3) is 0.286. The van der Waals surface area contributed by atoms with Crippen molar-refractivity contribution in [2.24, 2.45) is 0 Å². The summed E-state index contributed by atoms with van der Waals surface area (Å²) in [6.45, 7) is 6.88. The van der Waals surface area contributed by atoms with Gasteiger partial charge in [0.05, 0.1) is 5.02 Å². The molecule has 43 heavy (non-hydrogen) atoms. The summed E-state index contributed by atoms with van der Waals surface area (Å²) in [6, 6.07) is 18.7. The number of halogens is 3. The molecular formula is C35H35ClF2N2O3. The van der Waals surface area contributed by atoms with Crippen LogP contribution in [0.5, 0.6) is 11.5 Å². The summed E-state index contributed by atoms with van der Waals surface area (Å²) in [4.78, 5) is 14.7. The lowest BCUT2D eigenvalue weighted by atomic mass is 9.91. The summed E-state index contributed by atoms with van der Waals surface area (Å²) in [6.07, 6.45) is 2.28. The van der Waals surface area contributed by atoms with Crippen molar-refractivity contribution in [2.75, 3.05) is 20.1 Å². The number of nitrogens with one attached hydrogen (secondary N) is 1. The average molecular weight is 605 g/mol. The summed E-state index contributed by atoms with van der Waals surface area (Å²) < 4.78 is 39.9. The van der Waals surface area contributed by atoms with Crippen molar-refractivity contribution in [1.82, 2.24) is 10.2 Å². The van der Waals surface area contributed by atoms with Gasteiger partial charge in [-0.05, 0) is 97.4 Å². The molecule has 0 bridgehead atoms. The standard InChI is InChI=1S/C35H35ClF2N2O3/c1-22-25(8-6-9-29(22)30-10-7-11-31(23(30)2)35(41)39-3)21-43-34-18-33(42-20-24-14-27(37)17-28(38)15-24)26(16-32(34)36)19-40-12-4-5-13-40/h6-11,14-18H,4-5,12-13,19-21H2,1-3H3,(H,39,41). The first kappa shape index (κ1) is 30.5. The number of hydrogen-bond acceptors (Lipinski definition) is 4. The number of benzene rings is 4. The van der Waals surface area contributed by atoms with Crippen LogP contribution in [0.4, 0.5) is 8.78 Å². The Morgan fingerprint density at radius 2 is 1.49 bits per heavy atom.